The average molecular weight is 349 g/mol. The molecule has 25 heavy (non-hydrogen) atoms. The second-order valence-corrected chi connectivity index (χ2v) is 7.04. The number of esters is 1. The lowest BCUT2D eigenvalue weighted by atomic mass is 9.82. The maximum absolute atomic E-state index is 12.2. The van der Waals surface area contributed by atoms with E-state index in [0.29, 0.717) is 0 Å². The molecule has 1 heterocycles. The van der Waals surface area contributed by atoms with Gasteiger partial charge in [-0.15, -0.1) is 0 Å². The molecule has 1 fully saturated rings. The number of likely N-dealkylation sites (tertiary alicyclic amines) is 1. The highest BCUT2D eigenvalue weighted by Gasteiger charge is 2.56. The Morgan fingerprint density at radius 1 is 1.20 bits per heavy atom. The molecule has 0 aromatic heterocycles. The smallest absolute Gasteiger partial charge is 0.411 e. The maximum atomic E-state index is 12.2. The number of aliphatic carboxylic acids is 1. The number of hydrogen-bond donors (Lipinski definition) is 1. The van der Waals surface area contributed by atoms with Crippen LogP contribution in [0.5, 0.6) is 0 Å². The molecular formula is C18H23NO6. The summed E-state index contributed by atoms with van der Waals surface area (Å²) in [6.07, 6.45) is -0.965. The van der Waals surface area contributed by atoms with Crippen LogP contribution >= 0.6 is 0 Å². The van der Waals surface area contributed by atoms with Crippen molar-refractivity contribution in [3.63, 3.8) is 0 Å². The average Bonchev–Trinajstić information content (AvgIpc) is 2.48. The normalized spacial score (nSPS) is 19.7. The second-order valence-electron chi connectivity index (χ2n) is 7.04. The van der Waals surface area contributed by atoms with Gasteiger partial charge in [0, 0.05) is 6.54 Å². The first-order valence-corrected chi connectivity index (χ1v) is 8.08. The van der Waals surface area contributed by atoms with Crippen LogP contribution in [-0.4, -0.2) is 45.7 Å². The Morgan fingerprint density at radius 2 is 1.84 bits per heavy atom. The Kier molecular flexibility index (Phi) is 5.35. The van der Waals surface area contributed by atoms with Gasteiger partial charge in [-0.2, -0.15) is 0 Å². The molecule has 2 rings (SSSR count). The summed E-state index contributed by atoms with van der Waals surface area (Å²) in [5, 5.41) is 9.58. The molecule has 1 saturated heterocycles. The van der Waals surface area contributed by atoms with Crippen LogP contribution < -0.4 is 0 Å². The first-order chi connectivity index (χ1) is 11.6. The summed E-state index contributed by atoms with van der Waals surface area (Å²) >= 11 is 0. The third kappa shape index (κ3) is 4.49. The number of ether oxygens (including phenoxy) is 2. The molecule has 1 aromatic rings. The van der Waals surface area contributed by atoms with Crippen molar-refractivity contribution < 1.29 is 29.0 Å². The van der Waals surface area contributed by atoms with Crippen LogP contribution in [0.1, 0.15) is 39.2 Å². The lowest BCUT2D eigenvalue weighted by Crippen LogP contribution is -2.67. The third-order valence-electron chi connectivity index (χ3n) is 3.96. The van der Waals surface area contributed by atoms with Gasteiger partial charge in [0.05, 0.1) is 6.42 Å². The molecule has 1 aliphatic heterocycles. The minimum Gasteiger partial charge on any atom is -0.479 e. The minimum atomic E-state index is -1.60. The summed E-state index contributed by atoms with van der Waals surface area (Å²) in [6.45, 7) is 5.37. The molecule has 0 aliphatic carbocycles. The van der Waals surface area contributed by atoms with Gasteiger partial charge in [-0.3, -0.25) is 9.69 Å². The van der Waals surface area contributed by atoms with E-state index in [0.717, 1.165) is 10.5 Å². The Labute approximate surface area is 146 Å². The molecule has 0 saturated carbocycles. The van der Waals surface area contributed by atoms with Gasteiger partial charge in [0.25, 0.3) is 0 Å². The molecular weight excluding hydrogens is 326 g/mol. The largest absolute Gasteiger partial charge is 0.479 e. The summed E-state index contributed by atoms with van der Waals surface area (Å²) < 4.78 is 10.4. The van der Waals surface area contributed by atoms with E-state index in [1.165, 1.54) is 0 Å². The Bertz CT molecular complexity index is 651. The van der Waals surface area contributed by atoms with E-state index >= 15 is 0 Å². The van der Waals surface area contributed by atoms with E-state index in [9.17, 15) is 19.5 Å². The van der Waals surface area contributed by atoms with Crippen molar-refractivity contribution in [2.45, 2.75) is 51.4 Å². The van der Waals surface area contributed by atoms with Crippen molar-refractivity contribution in [2.24, 2.45) is 0 Å². The highest BCUT2D eigenvalue weighted by molar-refractivity contribution is 5.91. The van der Waals surface area contributed by atoms with Crippen molar-refractivity contribution in [1.29, 1.82) is 0 Å². The number of carboxylic acids is 1. The quantitative estimate of drug-likeness (QED) is 0.821. The molecule has 7 heteroatoms. The molecule has 1 aliphatic rings. The van der Waals surface area contributed by atoms with Gasteiger partial charge in [-0.05, 0) is 32.8 Å². The van der Waals surface area contributed by atoms with Gasteiger partial charge in [-0.25, -0.2) is 9.59 Å². The zero-order chi connectivity index (χ0) is 18.7. The highest BCUT2D eigenvalue weighted by Crippen LogP contribution is 2.36. The highest BCUT2D eigenvalue weighted by atomic mass is 16.6. The number of amides is 1. The van der Waals surface area contributed by atoms with E-state index in [1.54, 1.807) is 32.9 Å². The minimum absolute atomic E-state index is 0.0574. The fraction of sp³-hybridized carbons (Fsp3) is 0.500. The lowest BCUT2D eigenvalue weighted by molar-refractivity contribution is -0.169. The predicted molar refractivity (Wildman–Crippen MR) is 88.8 cm³/mol. The number of carbonyl (C=O) groups is 3. The fourth-order valence-electron chi connectivity index (χ4n) is 2.59. The lowest BCUT2D eigenvalue weighted by Gasteiger charge is -2.48. The molecule has 1 unspecified atom stereocenters. The van der Waals surface area contributed by atoms with Crippen molar-refractivity contribution in [2.75, 3.05) is 6.54 Å². The molecule has 1 aromatic carbocycles. The topological polar surface area (TPSA) is 93.1 Å². The summed E-state index contributed by atoms with van der Waals surface area (Å²) in [5.41, 5.74) is -1.54. The monoisotopic (exact) mass is 349 g/mol. The molecule has 0 bridgehead atoms. The summed E-state index contributed by atoms with van der Waals surface area (Å²) in [4.78, 5) is 37.2. The van der Waals surface area contributed by atoms with Crippen LogP contribution in [-0.2, 0) is 25.7 Å². The van der Waals surface area contributed by atoms with Gasteiger partial charge >= 0.3 is 18.0 Å². The van der Waals surface area contributed by atoms with Gasteiger partial charge in [0.15, 0.2) is 5.54 Å². The van der Waals surface area contributed by atoms with Crippen LogP contribution in [0.15, 0.2) is 30.3 Å². The van der Waals surface area contributed by atoms with Crippen LogP contribution in [0.3, 0.4) is 0 Å². The van der Waals surface area contributed by atoms with Crippen LogP contribution in [0.25, 0.3) is 0 Å². The third-order valence-corrected chi connectivity index (χ3v) is 3.96. The number of rotatable bonds is 5. The predicted octanol–water partition coefficient (Wildman–Crippen LogP) is 2.58. The summed E-state index contributed by atoms with van der Waals surface area (Å²) in [5.74, 6) is -1.90. The molecule has 0 radical (unpaired) electrons. The maximum Gasteiger partial charge on any atom is 0.411 e. The van der Waals surface area contributed by atoms with E-state index < -0.39 is 35.6 Å². The Balaban J connectivity index is 2.01. The van der Waals surface area contributed by atoms with Gasteiger partial charge in [0.2, 0.25) is 0 Å². The van der Waals surface area contributed by atoms with Crippen LogP contribution in [0, 0.1) is 0 Å². The number of benzene rings is 1. The molecule has 1 amide bonds. The standard InChI is InChI=1S/C18H23NO6/c1-17(2,3)25-16(23)19-10-9-18(19,15(21)22)11-14(20)24-12-13-7-5-4-6-8-13/h4-8H,9-12H2,1-3H3,(H,21,22). The van der Waals surface area contributed by atoms with Crippen LogP contribution in [0.2, 0.25) is 0 Å². The van der Waals surface area contributed by atoms with Gasteiger partial charge in [-0.1, -0.05) is 30.3 Å². The molecule has 1 N–H and O–H groups in total. The van der Waals surface area contributed by atoms with Crippen molar-refractivity contribution >= 4 is 18.0 Å². The molecule has 7 nitrogen and oxygen atoms in total. The van der Waals surface area contributed by atoms with Gasteiger partial charge < -0.3 is 14.6 Å². The van der Waals surface area contributed by atoms with Crippen molar-refractivity contribution in [1.82, 2.24) is 4.90 Å². The number of hydrogen-bond acceptors (Lipinski definition) is 5. The fourth-order valence-corrected chi connectivity index (χ4v) is 2.59. The first kappa shape index (κ1) is 18.8. The second kappa shape index (κ2) is 7.13. The number of carbonyl (C=O) groups excluding carboxylic acids is 2. The van der Waals surface area contributed by atoms with Crippen LogP contribution in [0.4, 0.5) is 4.79 Å². The Morgan fingerprint density at radius 3 is 2.32 bits per heavy atom. The Hall–Kier alpha value is -2.57. The summed E-state index contributed by atoms with van der Waals surface area (Å²) in [6, 6.07) is 9.08. The molecule has 1 atom stereocenters. The molecule has 136 valence electrons. The van der Waals surface area contributed by atoms with E-state index in [4.69, 9.17) is 9.47 Å². The van der Waals surface area contributed by atoms with Crippen molar-refractivity contribution in [3.8, 4) is 0 Å². The number of nitrogens with zero attached hydrogens (tertiary/aromatic N) is 1. The first-order valence-electron chi connectivity index (χ1n) is 8.08. The van der Waals surface area contributed by atoms with Gasteiger partial charge in [0.1, 0.15) is 12.2 Å². The van der Waals surface area contributed by atoms with Crippen molar-refractivity contribution in [3.05, 3.63) is 35.9 Å². The van der Waals surface area contributed by atoms with E-state index in [-0.39, 0.29) is 19.6 Å². The zero-order valence-corrected chi connectivity index (χ0v) is 14.7. The summed E-state index contributed by atoms with van der Waals surface area (Å²) in [7, 11) is 0. The van der Waals surface area contributed by atoms with E-state index in [1.807, 2.05) is 18.2 Å². The molecule has 0 spiro atoms. The SMILES string of the molecule is CC(C)(C)OC(=O)N1CCC1(CC(=O)OCc1ccccc1)C(=O)O. The number of carboxylic acid groups (broad SMARTS) is 1. The van der Waals surface area contributed by atoms with E-state index in [2.05, 4.69) is 0 Å². The zero-order valence-electron chi connectivity index (χ0n) is 14.7.